The minimum absolute atomic E-state index is 0. The van der Waals surface area contributed by atoms with Crippen LogP contribution in [0.4, 0.5) is 0 Å². The Labute approximate surface area is 231 Å². The van der Waals surface area contributed by atoms with Gasteiger partial charge in [-0.2, -0.15) is 8.42 Å². The molecule has 2 radical (unpaired) electrons. The summed E-state index contributed by atoms with van der Waals surface area (Å²) in [6, 6.07) is 0. The predicted octanol–water partition coefficient (Wildman–Crippen LogP) is 6.08. The SMILES string of the molecule is CCCCCCCCCCC(CCCCCCCCCC)(C(=O)O)C(C(=O)O)S(=O)(=O)O.[Ca]. The summed E-state index contributed by atoms with van der Waals surface area (Å²) in [6.07, 6.45) is 15.3. The molecule has 192 valence electrons. The molecule has 0 bridgehead atoms. The first kappa shape index (κ1) is 35.3. The molecule has 0 aromatic rings. The molecule has 0 heterocycles. The van der Waals surface area contributed by atoms with Gasteiger partial charge in [0.05, 0.1) is 5.41 Å². The van der Waals surface area contributed by atoms with E-state index in [9.17, 15) is 32.8 Å². The molecule has 3 N–H and O–H groups in total. The average Bonchev–Trinajstić information content (AvgIpc) is 2.70. The molecule has 0 saturated carbocycles. The van der Waals surface area contributed by atoms with Crippen molar-refractivity contribution in [2.75, 3.05) is 0 Å². The third-order valence-electron chi connectivity index (χ3n) is 6.40. The molecule has 9 heteroatoms. The van der Waals surface area contributed by atoms with Gasteiger partial charge in [0, 0.05) is 37.7 Å². The van der Waals surface area contributed by atoms with E-state index >= 15 is 0 Å². The van der Waals surface area contributed by atoms with Crippen molar-refractivity contribution in [1.82, 2.24) is 0 Å². The minimum Gasteiger partial charge on any atom is -0.481 e. The molecule has 0 aromatic carbocycles. The standard InChI is InChI=1S/C24H46O7S.Ca/c1-3-5-7-9-11-13-15-17-19-24(23(27)28,21(22(25)26)32(29,30)31)20-18-16-14-12-10-8-6-4-2;/h21H,3-20H2,1-2H3,(H,25,26)(H,27,28)(H,29,30,31);. The molecule has 0 aliphatic carbocycles. The number of rotatable bonds is 22. The largest absolute Gasteiger partial charge is 0.481 e. The van der Waals surface area contributed by atoms with E-state index in [-0.39, 0.29) is 50.6 Å². The van der Waals surface area contributed by atoms with Crippen molar-refractivity contribution in [3.8, 4) is 0 Å². The van der Waals surface area contributed by atoms with Gasteiger partial charge in [-0.05, 0) is 12.8 Å². The molecule has 0 spiro atoms. The molecule has 0 fully saturated rings. The Balaban J connectivity index is 0. The zero-order chi connectivity index (χ0) is 24.5. The van der Waals surface area contributed by atoms with Crippen molar-refractivity contribution in [3.05, 3.63) is 0 Å². The zero-order valence-electron chi connectivity index (χ0n) is 20.9. The van der Waals surface area contributed by atoms with Gasteiger partial charge in [-0.25, -0.2) is 0 Å². The van der Waals surface area contributed by atoms with Gasteiger partial charge >= 0.3 is 11.9 Å². The Morgan fingerprint density at radius 3 is 1.21 bits per heavy atom. The van der Waals surface area contributed by atoms with Gasteiger partial charge in [-0.3, -0.25) is 14.1 Å². The maximum Gasteiger partial charge on any atom is 0.325 e. The topological polar surface area (TPSA) is 129 Å². The number of aliphatic carboxylic acids is 2. The Morgan fingerprint density at radius 1 is 0.667 bits per heavy atom. The van der Waals surface area contributed by atoms with Crippen molar-refractivity contribution in [2.45, 2.75) is 135 Å². The fourth-order valence-electron chi connectivity index (χ4n) is 4.51. The molecule has 0 aliphatic heterocycles. The van der Waals surface area contributed by atoms with E-state index in [0.717, 1.165) is 77.0 Å². The van der Waals surface area contributed by atoms with Gasteiger partial charge in [0.2, 0.25) is 0 Å². The van der Waals surface area contributed by atoms with Crippen LogP contribution in [0.25, 0.3) is 0 Å². The first-order chi connectivity index (χ1) is 15.1. The molecule has 0 aliphatic rings. The molecule has 0 aromatic heterocycles. The van der Waals surface area contributed by atoms with Crippen LogP contribution in [0.3, 0.4) is 0 Å². The molecule has 0 saturated heterocycles. The van der Waals surface area contributed by atoms with Crippen LogP contribution in [0.2, 0.25) is 0 Å². The second-order valence-electron chi connectivity index (χ2n) is 9.14. The van der Waals surface area contributed by atoms with Crippen LogP contribution in [0.1, 0.15) is 129 Å². The Kier molecular flexibility index (Phi) is 21.7. The number of hydrogen-bond acceptors (Lipinski definition) is 4. The predicted molar refractivity (Wildman–Crippen MR) is 133 cm³/mol. The summed E-state index contributed by atoms with van der Waals surface area (Å²) >= 11 is 0. The Morgan fingerprint density at radius 2 is 0.970 bits per heavy atom. The summed E-state index contributed by atoms with van der Waals surface area (Å²) in [5.41, 5.74) is -2.01. The second-order valence-corrected chi connectivity index (χ2v) is 10.6. The average molecular weight is 519 g/mol. The Bertz CT molecular complexity index is 602. The zero-order valence-corrected chi connectivity index (χ0v) is 23.9. The first-order valence-electron chi connectivity index (χ1n) is 12.6. The minimum atomic E-state index is -5.06. The molecule has 33 heavy (non-hydrogen) atoms. The second kappa shape index (κ2) is 20.3. The summed E-state index contributed by atoms with van der Waals surface area (Å²) in [5, 5.41) is 17.2. The van der Waals surface area contributed by atoms with Gasteiger partial charge in [-0.1, -0.05) is 117 Å². The number of unbranched alkanes of at least 4 members (excludes halogenated alkanes) is 14. The third kappa shape index (κ3) is 15.0. The molecule has 1 atom stereocenters. The van der Waals surface area contributed by atoms with Crippen LogP contribution in [0.15, 0.2) is 0 Å². The van der Waals surface area contributed by atoms with Crippen LogP contribution in [-0.2, 0) is 19.7 Å². The van der Waals surface area contributed by atoms with Crippen LogP contribution in [0.5, 0.6) is 0 Å². The summed E-state index contributed by atoms with van der Waals surface area (Å²) in [6.45, 7) is 4.29. The normalized spacial score (nSPS) is 12.8. The first-order valence-corrected chi connectivity index (χ1v) is 14.1. The van der Waals surface area contributed by atoms with E-state index < -0.39 is 32.7 Å². The van der Waals surface area contributed by atoms with Crippen molar-refractivity contribution in [2.24, 2.45) is 5.41 Å². The Hall–Kier alpha value is 0.110. The fraction of sp³-hybridized carbons (Fsp3) is 0.917. The summed E-state index contributed by atoms with van der Waals surface area (Å²) in [5.74, 6) is -3.25. The van der Waals surface area contributed by atoms with E-state index in [0.29, 0.717) is 12.8 Å². The van der Waals surface area contributed by atoms with Gasteiger partial charge in [0.1, 0.15) is 0 Å². The molecular formula is C24H46CaO7S. The van der Waals surface area contributed by atoms with Crippen molar-refractivity contribution < 1.29 is 32.8 Å². The summed E-state index contributed by atoms with van der Waals surface area (Å²) in [4.78, 5) is 24.0. The van der Waals surface area contributed by atoms with Gasteiger partial charge in [-0.15, -0.1) is 0 Å². The summed E-state index contributed by atoms with van der Waals surface area (Å²) in [7, 11) is -5.06. The number of carboxylic acid groups (broad SMARTS) is 2. The van der Waals surface area contributed by atoms with Gasteiger partial charge in [0.25, 0.3) is 10.1 Å². The van der Waals surface area contributed by atoms with E-state index in [1.165, 1.54) is 12.8 Å². The van der Waals surface area contributed by atoms with E-state index in [2.05, 4.69) is 13.8 Å². The molecular weight excluding hydrogens is 472 g/mol. The van der Waals surface area contributed by atoms with Crippen LogP contribution >= 0.6 is 0 Å². The van der Waals surface area contributed by atoms with Crippen LogP contribution < -0.4 is 0 Å². The van der Waals surface area contributed by atoms with E-state index in [1.807, 2.05) is 0 Å². The molecule has 1 unspecified atom stereocenters. The quantitative estimate of drug-likeness (QED) is 0.0899. The fourth-order valence-corrected chi connectivity index (χ4v) is 5.67. The van der Waals surface area contributed by atoms with Crippen molar-refractivity contribution in [1.29, 1.82) is 0 Å². The van der Waals surface area contributed by atoms with Gasteiger partial charge in [0.15, 0.2) is 5.25 Å². The van der Waals surface area contributed by atoms with E-state index in [1.54, 1.807) is 0 Å². The maximum absolute atomic E-state index is 12.3. The number of hydrogen-bond donors (Lipinski definition) is 3. The molecule has 0 rings (SSSR count). The number of carbonyl (C=O) groups is 2. The summed E-state index contributed by atoms with van der Waals surface area (Å²) < 4.78 is 33.4. The molecule has 7 nitrogen and oxygen atoms in total. The van der Waals surface area contributed by atoms with Crippen molar-refractivity contribution >= 4 is 59.8 Å². The maximum atomic E-state index is 12.3. The molecule has 0 amide bonds. The third-order valence-corrected chi connectivity index (χ3v) is 7.65. The number of carboxylic acids is 2. The van der Waals surface area contributed by atoms with Crippen molar-refractivity contribution in [3.63, 3.8) is 0 Å². The monoisotopic (exact) mass is 518 g/mol. The van der Waals surface area contributed by atoms with Gasteiger partial charge < -0.3 is 10.2 Å². The van der Waals surface area contributed by atoms with Crippen LogP contribution in [-0.4, -0.2) is 78.1 Å². The smallest absolute Gasteiger partial charge is 0.325 e. The van der Waals surface area contributed by atoms with E-state index in [4.69, 9.17) is 0 Å². The van der Waals surface area contributed by atoms with Crippen LogP contribution in [0, 0.1) is 5.41 Å².